The molecule has 3 heterocycles. The van der Waals surface area contributed by atoms with Crippen LogP contribution >= 0.6 is 11.6 Å². The zero-order valence-corrected chi connectivity index (χ0v) is 20.3. The molecule has 0 aliphatic carbocycles. The number of carbonyl (C=O) groups excluding carboxylic acids is 2. The highest BCUT2D eigenvalue weighted by Crippen LogP contribution is 2.31. The van der Waals surface area contributed by atoms with E-state index < -0.39 is 35.7 Å². The Labute approximate surface area is 214 Å². The van der Waals surface area contributed by atoms with Crippen LogP contribution in [0.3, 0.4) is 0 Å². The van der Waals surface area contributed by atoms with E-state index in [-0.39, 0.29) is 24.5 Å². The second-order valence-electron chi connectivity index (χ2n) is 8.05. The predicted octanol–water partition coefficient (Wildman–Crippen LogP) is 3.25. The summed E-state index contributed by atoms with van der Waals surface area (Å²) in [6.07, 6.45) is -2.02. The number of nitrogens with zero attached hydrogens (tertiary/aromatic N) is 6. The van der Waals surface area contributed by atoms with Crippen molar-refractivity contribution in [1.29, 1.82) is 0 Å². The zero-order valence-electron chi connectivity index (χ0n) is 19.5. The normalized spacial score (nSPS) is 15.1. The van der Waals surface area contributed by atoms with Crippen molar-refractivity contribution in [3.05, 3.63) is 70.5 Å². The molecule has 1 fully saturated rings. The summed E-state index contributed by atoms with van der Waals surface area (Å²) in [6.45, 7) is 2.99. The molecule has 1 atom stereocenters. The van der Waals surface area contributed by atoms with Gasteiger partial charge in [-0.25, -0.2) is 24.9 Å². The Morgan fingerprint density at radius 3 is 2.62 bits per heavy atom. The number of hydrazine groups is 1. The third-order valence-electron chi connectivity index (χ3n) is 5.29. The molecule has 9 nitrogen and oxygen atoms in total. The van der Waals surface area contributed by atoms with Gasteiger partial charge >= 0.3 is 6.18 Å². The Hall–Kier alpha value is -4.24. The highest BCUT2D eigenvalue weighted by molar-refractivity contribution is 6.31. The summed E-state index contributed by atoms with van der Waals surface area (Å²) in [4.78, 5) is 43.0. The first-order valence-corrected chi connectivity index (χ1v) is 11.3. The lowest BCUT2D eigenvalue weighted by molar-refractivity contribution is -0.141. The van der Waals surface area contributed by atoms with E-state index in [2.05, 4.69) is 37.2 Å². The van der Waals surface area contributed by atoms with Crippen LogP contribution in [-0.4, -0.2) is 44.3 Å². The van der Waals surface area contributed by atoms with Crippen LogP contribution < -0.4 is 15.3 Å². The summed E-state index contributed by atoms with van der Waals surface area (Å²) in [7, 11) is 0. The topological polar surface area (TPSA) is 104 Å². The van der Waals surface area contributed by atoms with E-state index in [1.807, 2.05) is 0 Å². The molecule has 190 valence electrons. The third kappa shape index (κ3) is 5.95. The number of hydrogen-bond acceptors (Lipinski definition) is 7. The molecular formula is C24H19ClF3N7O2. The van der Waals surface area contributed by atoms with Crippen molar-refractivity contribution in [1.82, 2.24) is 25.4 Å². The van der Waals surface area contributed by atoms with Gasteiger partial charge in [-0.2, -0.15) is 13.2 Å². The summed E-state index contributed by atoms with van der Waals surface area (Å²) in [5.74, 6) is 4.21. The molecule has 4 rings (SSSR count). The first-order valence-electron chi connectivity index (χ1n) is 10.9. The van der Waals surface area contributed by atoms with Gasteiger partial charge in [0.05, 0.1) is 13.0 Å². The molecular weight excluding hydrogens is 511 g/mol. The molecule has 0 radical (unpaired) electrons. The molecule has 3 aromatic rings. The number of aromatic nitrogens is 4. The van der Waals surface area contributed by atoms with Crippen molar-refractivity contribution in [3.8, 4) is 11.8 Å². The number of benzene rings is 1. The number of rotatable bonds is 4. The van der Waals surface area contributed by atoms with Crippen molar-refractivity contribution >= 4 is 35.1 Å². The molecule has 0 saturated carbocycles. The van der Waals surface area contributed by atoms with E-state index >= 15 is 0 Å². The van der Waals surface area contributed by atoms with Gasteiger partial charge in [-0.15, -0.1) is 0 Å². The third-order valence-corrected chi connectivity index (χ3v) is 5.72. The summed E-state index contributed by atoms with van der Waals surface area (Å²) in [5, 5.41) is 1.43. The van der Waals surface area contributed by atoms with Crippen LogP contribution in [0.15, 0.2) is 42.7 Å². The van der Waals surface area contributed by atoms with E-state index in [1.54, 1.807) is 31.2 Å². The van der Waals surface area contributed by atoms with Gasteiger partial charge in [0.25, 0.3) is 5.91 Å². The molecule has 1 aliphatic rings. The Morgan fingerprint density at radius 1 is 1.22 bits per heavy atom. The fraction of sp³-hybridized carbons (Fsp3) is 0.250. The summed E-state index contributed by atoms with van der Waals surface area (Å²) in [6, 6.07) is 6.06. The monoisotopic (exact) mass is 529 g/mol. The number of amides is 2. The van der Waals surface area contributed by atoms with Crippen LogP contribution in [0.5, 0.6) is 0 Å². The Bertz CT molecular complexity index is 1410. The SMILES string of the molecule is Cc1cc(C(F)(F)F)nc(N2NC(=O)CC2C(=O)N(CC#Cc2ncccn2)c2ccc(Cl)c(C)c2)n1. The molecule has 1 aromatic carbocycles. The van der Waals surface area contributed by atoms with Crippen LogP contribution in [0, 0.1) is 25.7 Å². The number of halogens is 4. The maximum Gasteiger partial charge on any atom is 0.433 e. The Balaban J connectivity index is 1.71. The van der Waals surface area contributed by atoms with Crippen molar-refractivity contribution < 1.29 is 22.8 Å². The second-order valence-corrected chi connectivity index (χ2v) is 8.46. The number of alkyl halides is 3. The minimum Gasteiger partial charge on any atom is -0.299 e. The van der Waals surface area contributed by atoms with Crippen molar-refractivity contribution in [2.24, 2.45) is 0 Å². The first kappa shape index (κ1) is 25.8. The predicted molar refractivity (Wildman–Crippen MR) is 128 cm³/mol. The maximum absolute atomic E-state index is 13.8. The average molecular weight is 530 g/mol. The van der Waals surface area contributed by atoms with Gasteiger partial charge in [-0.1, -0.05) is 17.5 Å². The highest BCUT2D eigenvalue weighted by Gasteiger charge is 2.41. The van der Waals surface area contributed by atoms with Crippen LogP contribution in [0.2, 0.25) is 5.02 Å². The molecule has 13 heteroatoms. The molecule has 0 spiro atoms. The Kier molecular flexibility index (Phi) is 7.26. The molecule has 1 unspecified atom stereocenters. The van der Waals surface area contributed by atoms with Crippen LogP contribution in [-0.2, 0) is 15.8 Å². The smallest absolute Gasteiger partial charge is 0.299 e. The van der Waals surface area contributed by atoms with E-state index in [1.165, 1.54) is 24.2 Å². The van der Waals surface area contributed by atoms with Crippen LogP contribution in [0.25, 0.3) is 0 Å². The van der Waals surface area contributed by atoms with Gasteiger partial charge in [0.1, 0.15) is 11.7 Å². The van der Waals surface area contributed by atoms with Gasteiger partial charge in [0.2, 0.25) is 17.7 Å². The minimum absolute atomic E-state index is 0.0172. The van der Waals surface area contributed by atoms with Gasteiger partial charge in [0, 0.05) is 28.8 Å². The maximum atomic E-state index is 13.8. The quantitative estimate of drug-likeness (QED) is 0.517. The molecule has 1 saturated heterocycles. The van der Waals surface area contributed by atoms with Crippen LogP contribution in [0.4, 0.5) is 24.8 Å². The standard InChI is InChI=1S/C24H19ClF3N7O2/c1-14-11-16(6-7-17(14)25)34(10-3-5-20-29-8-4-9-30-20)22(37)18-13-21(36)33-35(18)23-31-15(2)12-19(32-23)24(26,27)28/h4,6-9,11-12,18H,10,13H2,1-2H3,(H,33,36). The number of nitrogens with one attached hydrogen (secondary N) is 1. The first-order chi connectivity index (χ1) is 17.5. The lowest BCUT2D eigenvalue weighted by atomic mass is 10.1. The Morgan fingerprint density at radius 2 is 1.95 bits per heavy atom. The zero-order chi connectivity index (χ0) is 26.7. The molecule has 0 bridgehead atoms. The summed E-state index contributed by atoms with van der Waals surface area (Å²) < 4.78 is 40.1. The average Bonchev–Trinajstić information content (AvgIpc) is 3.25. The minimum atomic E-state index is -4.74. The lowest BCUT2D eigenvalue weighted by Gasteiger charge is -2.29. The largest absolute Gasteiger partial charge is 0.433 e. The van der Waals surface area contributed by atoms with Gasteiger partial charge in [-0.05, 0) is 55.7 Å². The summed E-state index contributed by atoms with van der Waals surface area (Å²) in [5.41, 5.74) is 2.33. The summed E-state index contributed by atoms with van der Waals surface area (Å²) >= 11 is 6.15. The van der Waals surface area contributed by atoms with E-state index in [0.29, 0.717) is 16.3 Å². The molecule has 1 aliphatic heterocycles. The number of aryl methyl sites for hydroxylation is 2. The molecule has 2 aromatic heterocycles. The van der Waals surface area contributed by atoms with Gasteiger partial charge < -0.3 is 0 Å². The fourth-order valence-electron chi connectivity index (χ4n) is 3.55. The van der Waals surface area contributed by atoms with Crippen LogP contribution in [0.1, 0.15) is 29.2 Å². The van der Waals surface area contributed by atoms with Gasteiger partial charge in [0.15, 0.2) is 0 Å². The highest BCUT2D eigenvalue weighted by atomic mass is 35.5. The van der Waals surface area contributed by atoms with Crippen molar-refractivity contribution in [3.63, 3.8) is 0 Å². The van der Waals surface area contributed by atoms with Crippen molar-refractivity contribution in [2.75, 3.05) is 16.5 Å². The molecule has 2 amide bonds. The fourth-order valence-corrected chi connectivity index (χ4v) is 3.67. The number of hydrogen-bond donors (Lipinski definition) is 1. The second kappa shape index (κ2) is 10.4. The number of carbonyl (C=O) groups is 2. The lowest BCUT2D eigenvalue weighted by Crippen LogP contribution is -2.50. The van der Waals surface area contributed by atoms with Gasteiger partial charge in [-0.3, -0.25) is 19.9 Å². The number of anilines is 2. The van der Waals surface area contributed by atoms with E-state index in [0.717, 1.165) is 11.1 Å². The van der Waals surface area contributed by atoms with E-state index in [4.69, 9.17) is 11.6 Å². The molecule has 1 N–H and O–H groups in total. The van der Waals surface area contributed by atoms with Crippen molar-refractivity contribution in [2.45, 2.75) is 32.5 Å². The molecule has 37 heavy (non-hydrogen) atoms. The van der Waals surface area contributed by atoms with E-state index in [9.17, 15) is 22.8 Å².